The molecule has 5 nitrogen and oxygen atoms in total. The van der Waals surface area contributed by atoms with E-state index in [0.29, 0.717) is 0 Å². The third kappa shape index (κ3) is 5.72. The number of alkyl halides is 3. The standard InChI is InChI=1S/C14H17F3N2O3/c1-10(20)19(7-8-22-2)9-13(21)18-12-5-3-11(4-6-12)14(15,16)17/h3-6H,7-9H2,1-2H3,(H,18,21). The van der Waals surface area contributed by atoms with Crippen LogP contribution in [-0.2, 0) is 20.5 Å². The van der Waals surface area contributed by atoms with Crippen LogP contribution in [0.3, 0.4) is 0 Å². The fraction of sp³-hybridized carbons (Fsp3) is 0.429. The van der Waals surface area contributed by atoms with Gasteiger partial charge in [-0.05, 0) is 24.3 Å². The van der Waals surface area contributed by atoms with E-state index in [0.717, 1.165) is 24.3 Å². The Morgan fingerprint density at radius 1 is 1.23 bits per heavy atom. The molecule has 1 aromatic carbocycles. The fourth-order valence-electron chi connectivity index (χ4n) is 1.67. The maximum atomic E-state index is 12.4. The maximum absolute atomic E-state index is 12.4. The van der Waals surface area contributed by atoms with Gasteiger partial charge >= 0.3 is 6.18 Å². The summed E-state index contributed by atoms with van der Waals surface area (Å²) < 4.78 is 42.1. The van der Waals surface area contributed by atoms with Crippen molar-refractivity contribution in [1.82, 2.24) is 4.90 Å². The molecule has 0 unspecified atom stereocenters. The Labute approximate surface area is 126 Å². The van der Waals surface area contributed by atoms with Gasteiger partial charge in [0, 0.05) is 26.3 Å². The van der Waals surface area contributed by atoms with Crippen LogP contribution in [0.5, 0.6) is 0 Å². The maximum Gasteiger partial charge on any atom is 0.416 e. The van der Waals surface area contributed by atoms with Crippen LogP contribution in [-0.4, -0.2) is 43.5 Å². The number of carbonyl (C=O) groups is 2. The minimum Gasteiger partial charge on any atom is -0.383 e. The van der Waals surface area contributed by atoms with Crippen LogP contribution in [0.25, 0.3) is 0 Å². The average molecular weight is 318 g/mol. The predicted octanol–water partition coefficient (Wildman–Crippen LogP) is 2.14. The quantitative estimate of drug-likeness (QED) is 0.874. The molecule has 1 rings (SSSR count). The topological polar surface area (TPSA) is 58.6 Å². The number of carbonyl (C=O) groups excluding carboxylic acids is 2. The van der Waals surface area contributed by atoms with Crippen LogP contribution in [0.1, 0.15) is 12.5 Å². The summed E-state index contributed by atoms with van der Waals surface area (Å²) in [5.74, 6) is -0.786. The zero-order valence-corrected chi connectivity index (χ0v) is 12.2. The normalized spacial score (nSPS) is 11.1. The van der Waals surface area contributed by atoms with Gasteiger partial charge in [-0.2, -0.15) is 13.2 Å². The molecule has 0 saturated carbocycles. The molecule has 0 bridgehead atoms. The second-order valence-corrected chi connectivity index (χ2v) is 4.56. The highest BCUT2D eigenvalue weighted by Gasteiger charge is 2.30. The van der Waals surface area contributed by atoms with Crippen LogP contribution in [0.15, 0.2) is 24.3 Å². The molecular weight excluding hydrogens is 301 g/mol. The van der Waals surface area contributed by atoms with Gasteiger partial charge in [0.2, 0.25) is 11.8 Å². The number of hydrogen-bond acceptors (Lipinski definition) is 3. The van der Waals surface area contributed by atoms with E-state index in [2.05, 4.69) is 5.32 Å². The molecule has 0 spiro atoms. The molecule has 122 valence electrons. The monoisotopic (exact) mass is 318 g/mol. The van der Waals surface area contributed by atoms with Crippen molar-refractivity contribution in [2.75, 3.05) is 32.1 Å². The number of nitrogens with one attached hydrogen (secondary N) is 1. The Kier molecular flexibility index (Phi) is 6.36. The highest BCUT2D eigenvalue weighted by molar-refractivity contribution is 5.94. The molecule has 1 N–H and O–H groups in total. The van der Waals surface area contributed by atoms with Crippen LogP contribution in [0, 0.1) is 0 Å². The summed E-state index contributed by atoms with van der Waals surface area (Å²) in [6, 6.07) is 4.08. The van der Waals surface area contributed by atoms with E-state index in [1.54, 1.807) is 0 Å². The lowest BCUT2D eigenvalue weighted by Crippen LogP contribution is -2.38. The predicted molar refractivity (Wildman–Crippen MR) is 74.2 cm³/mol. The minimum absolute atomic E-state index is 0.195. The van der Waals surface area contributed by atoms with E-state index in [4.69, 9.17) is 4.74 Å². The number of ether oxygens (including phenoxy) is 1. The zero-order valence-electron chi connectivity index (χ0n) is 12.2. The summed E-state index contributed by atoms with van der Waals surface area (Å²) in [5.41, 5.74) is -0.566. The Hall–Kier alpha value is -2.09. The van der Waals surface area contributed by atoms with Crippen molar-refractivity contribution < 1.29 is 27.5 Å². The Morgan fingerprint density at radius 3 is 2.27 bits per heavy atom. The Bertz CT molecular complexity index is 515. The van der Waals surface area contributed by atoms with Crippen molar-refractivity contribution in [2.45, 2.75) is 13.1 Å². The highest BCUT2D eigenvalue weighted by atomic mass is 19.4. The molecule has 0 heterocycles. The number of hydrogen-bond donors (Lipinski definition) is 1. The number of benzene rings is 1. The molecule has 0 saturated heterocycles. The van der Waals surface area contributed by atoms with Crippen molar-refractivity contribution >= 4 is 17.5 Å². The molecule has 0 aliphatic carbocycles. The number of rotatable bonds is 6. The molecule has 0 aromatic heterocycles. The van der Waals surface area contributed by atoms with Crippen LogP contribution >= 0.6 is 0 Å². The summed E-state index contributed by atoms with van der Waals surface area (Å²) >= 11 is 0. The fourth-order valence-corrected chi connectivity index (χ4v) is 1.67. The summed E-state index contributed by atoms with van der Waals surface area (Å²) in [4.78, 5) is 24.4. The Morgan fingerprint density at radius 2 is 1.82 bits per heavy atom. The lowest BCUT2D eigenvalue weighted by Gasteiger charge is -2.20. The first-order valence-corrected chi connectivity index (χ1v) is 6.45. The molecule has 0 radical (unpaired) electrons. The summed E-state index contributed by atoms with van der Waals surface area (Å²) in [6.45, 7) is 1.67. The summed E-state index contributed by atoms with van der Waals surface area (Å²) in [7, 11) is 1.47. The zero-order chi connectivity index (χ0) is 16.8. The van der Waals surface area contributed by atoms with Gasteiger partial charge in [0.1, 0.15) is 0 Å². The van der Waals surface area contributed by atoms with Gasteiger partial charge < -0.3 is 15.0 Å². The summed E-state index contributed by atoms with van der Waals surface area (Å²) in [5, 5.41) is 2.44. The van der Waals surface area contributed by atoms with Crippen LogP contribution < -0.4 is 5.32 Å². The van der Waals surface area contributed by atoms with E-state index in [1.165, 1.54) is 18.9 Å². The second-order valence-electron chi connectivity index (χ2n) is 4.56. The molecule has 0 fully saturated rings. The highest BCUT2D eigenvalue weighted by Crippen LogP contribution is 2.29. The third-order valence-corrected chi connectivity index (χ3v) is 2.84. The first-order chi connectivity index (χ1) is 10.2. The second kappa shape index (κ2) is 7.79. The van der Waals surface area contributed by atoms with E-state index in [1.807, 2.05) is 0 Å². The van der Waals surface area contributed by atoms with E-state index >= 15 is 0 Å². The van der Waals surface area contributed by atoms with Gasteiger partial charge in [0.15, 0.2) is 0 Å². The molecule has 8 heteroatoms. The Balaban J connectivity index is 2.62. The van der Waals surface area contributed by atoms with Crippen molar-refractivity contribution in [1.29, 1.82) is 0 Å². The van der Waals surface area contributed by atoms with Crippen molar-refractivity contribution in [2.24, 2.45) is 0 Å². The molecule has 0 atom stereocenters. The number of nitrogens with zero attached hydrogens (tertiary/aromatic N) is 1. The lowest BCUT2D eigenvalue weighted by molar-refractivity contribution is -0.137. The van der Waals surface area contributed by atoms with Gasteiger partial charge in [0.25, 0.3) is 0 Å². The minimum atomic E-state index is -4.42. The average Bonchev–Trinajstić information content (AvgIpc) is 2.42. The van der Waals surface area contributed by atoms with Gasteiger partial charge in [-0.3, -0.25) is 9.59 Å². The third-order valence-electron chi connectivity index (χ3n) is 2.84. The van der Waals surface area contributed by atoms with Gasteiger partial charge in [0.05, 0.1) is 18.7 Å². The first kappa shape index (κ1) is 18.0. The number of halogens is 3. The number of methoxy groups -OCH3 is 1. The largest absolute Gasteiger partial charge is 0.416 e. The van der Waals surface area contributed by atoms with E-state index in [-0.39, 0.29) is 31.3 Å². The van der Waals surface area contributed by atoms with Crippen molar-refractivity contribution in [3.63, 3.8) is 0 Å². The molecule has 1 aromatic rings. The van der Waals surface area contributed by atoms with Gasteiger partial charge in [-0.25, -0.2) is 0 Å². The summed E-state index contributed by atoms with van der Waals surface area (Å²) in [6.07, 6.45) is -4.42. The molecule has 2 amide bonds. The molecule has 0 aliphatic heterocycles. The number of amides is 2. The first-order valence-electron chi connectivity index (χ1n) is 6.45. The van der Waals surface area contributed by atoms with Gasteiger partial charge in [-0.15, -0.1) is 0 Å². The van der Waals surface area contributed by atoms with Gasteiger partial charge in [-0.1, -0.05) is 0 Å². The smallest absolute Gasteiger partial charge is 0.383 e. The van der Waals surface area contributed by atoms with E-state index < -0.39 is 17.6 Å². The molecule has 22 heavy (non-hydrogen) atoms. The van der Waals surface area contributed by atoms with E-state index in [9.17, 15) is 22.8 Å². The molecule has 0 aliphatic rings. The molecular formula is C14H17F3N2O3. The van der Waals surface area contributed by atoms with Crippen molar-refractivity contribution in [3.8, 4) is 0 Å². The lowest BCUT2D eigenvalue weighted by atomic mass is 10.2. The van der Waals surface area contributed by atoms with Crippen LogP contribution in [0.4, 0.5) is 18.9 Å². The number of anilines is 1. The van der Waals surface area contributed by atoms with Crippen molar-refractivity contribution in [3.05, 3.63) is 29.8 Å². The van der Waals surface area contributed by atoms with Crippen LogP contribution in [0.2, 0.25) is 0 Å². The SMILES string of the molecule is COCCN(CC(=O)Nc1ccc(C(F)(F)F)cc1)C(C)=O.